The second-order valence-electron chi connectivity index (χ2n) is 8.13. The molecule has 0 unspecified atom stereocenters. The van der Waals surface area contributed by atoms with Crippen LogP contribution in [0.2, 0.25) is 0 Å². The second-order valence-corrected chi connectivity index (χ2v) is 9.14. The monoisotopic (exact) mass is 470 g/mol. The summed E-state index contributed by atoms with van der Waals surface area (Å²) in [5.74, 6) is 0.614. The van der Waals surface area contributed by atoms with Crippen molar-refractivity contribution in [2.24, 2.45) is 4.99 Å². The number of thiazole rings is 1. The lowest BCUT2D eigenvalue weighted by Gasteiger charge is -2.27. The van der Waals surface area contributed by atoms with E-state index in [4.69, 9.17) is 4.74 Å². The molecule has 3 aromatic carbocycles. The minimum atomic E-state index is -0.670. The van der Waals surface area contributed by atoms with Crippen molar-refractivity contribution in [1.29, 1.82) is 0 Å². The van der Waals surface area contributed by atoms with Gasteiger partial charge < -0.3 is 9.84 Å². The molecule has 0 fully saturated rings. The van der Waals surface area contributed by atoms with Crippen LogP contribution in [0.4, 0.5) is 0 Å². The van der Waals surface area contributed by atoms with Crippen LogP contribution in [0.3, 0.4) is 0 Å². The number of ether oxygens (including phenoxy) is 1. The fourth-order valence-electron chi connectivity index (χ4n) is 4.50. The molecule has 4 aromatic rings. The molecule has 6 nitrogen and oxygen atoms in total. The Balaban J connectivity index is 1.86. The molecule has 1 aromatic heterocycles. The maximum atomic E-state index is 13.7. The lowest BCUT2D eigenvalue weighted by molar-refractivity contribution is -0.114. The topological polar surface area (TPSA) is 80.9 Å². The van der Waals surface area contributed by atoms with E-state index >= 15 is 0 Å². The number of phenolic OH excluding ortho intramolecular Hbond substituents is 1. The molecule has 0 amide bonds. The van der Waals surface area contributed by atoms with Gasteiger partial charge in [-0.05, 0) is 54.5 Å². The molecule has 34 heavy (non-hydrogen) atoms. The van der Waals surface area contributed by atoms with Crippen molar-refractivity contribution >= 4 is 34.0 Å². The summed E-state index contributed by atoms with van der Waals surface area (Å²) in [6, 6.07) is 17.7. The molecule has 1 N–H and O–H groups in total. The van der Waals surface area contributed by atoms with Gasteiger partial charge >= 0.3 is 0 Å². The van der Waals surface area contributed by atoms with Gasteiger partial charge in [-0.25, -0.2) is 4.99 Å². The van der Waals surface area contributed by atoms with Gasteiger partial charge in [0.05, 0.1) is 17.7 Å². The minimum absolute atomic E-state index is 0.144. The number of phenols is 1. The van der Waals surface area contributed by atoms with E-state index in [-0.39, 0.29) is 17.1 Å². The van der Waals surface area contributed by atoms with Crippen molar-refractivity contribution < 1.29 is 14.6 Å². The zero-order valence-electron chi connectivity index (χ0n) is 18.9. The van der Waals surface area contributed by atoms with Crippen LogP contribution in [0.15, 0.2) is 81.7 Å². The Kier molecular flexibility index (Phi) is 5.42. The fourth-order valence-corrected chi connectivity index (χ4v) is 5.55. The smallest absolute Gasteiger partial charge is 0.271 e. The van der Waals surface area contributed by atoms with E-state index in [2.05, 4.69) is 4.99 Å². The Morgan fingerprint density at radius 1 is 1.12 bits per heavy atom. The van der Waals surface area contributed by atoms with Gasteiger partial charge in [-0.1, -0.05) is 53.8 Å². The summed E-state index contributed by atoms with van der Waals surface area (Å²) in [6.07, 6.45) is 1.77. The van der Waals surface area contributed by atoms with Gasteiger partial charge in [0, 0.05) is 16.8 Å². The summed E-state index contributed by atoms with van der Waals surface area (Å²) in [4.78, 5) is 31.8. The van der Waals surface area contributed by atoms with Crippen molar-refractivity contribution in [2.75, 3.05) is 7.11 Å². The number of rotatable bonds is 4. The first-order valence-corrected chi connectivity index (χ1v) is 11.6. The molecule has 0 aliphatic carbocycles. The number of Topliss-reactive ketones (excluding diaryl/α,β-unsaturated/α-hetero) is 1. The highest BCUT2D eigenvalue weighted by atomic mass is 32.1. The molecule has 0 saturated heterocycles. The van der Waals surface area contributed by atoms with Crippen molar-refractivity contribution in [3.63, 3.8) is 0 Å². The first-order chi connectivity index (χ1) is 16.4. The molecule has 0 radical (unpaired) electrons. The zero-order valence-corrected chi connectivity index (χ0v) is 19.7. The quantitative estimate of drug-likeness (QED) is 0.493. The van der Waals surface area contributed by atoms with Crippen LogP contribution in [-0.2, 0) is 4.79 Å². The van der Waals surface area contributed by atoms with E-state index in [0.717, 1.165) is 21.9 Å². The second kappa shape index (κ2) is 8.43. The first-order valence-electron chi connectivity index (χ1n) is 10.8. The Labute approximate surface area is 199 Å². The third kappa shape index (κ3) is 3.54. The number of allylic oxidation sites excluding steroid dienone is 2. The minimum Gasteiger partial charge on any atom is -0.508 e. The van der Waals surface area contributed by atoms with Crippen LogP contribution >= 0.6 is 11.3 Å². The maximum absolute atomic E-state index is 13.7. The summed E-state index contributed by atoms with van der Waals surface area (Å²) < 4.78 is 7.82. The Hall–Kier alpha value is -3.97. The molecule has 170 valence electrons. The van der Waals surface area contributed by atoms with Gasteiger partial charge in [0.25, 0.3) is 5.56 Å². The molecule has 2 heterocycles. The number of carbonyl (C=O) groups is 1. The molecule has 7 heteroatoms. The number of hydrogen-bond donors (Lipinski definition) is 1. The van der Waals surface area contributed by atoms with Crippen molar-refractivity contribution in [2.45, 2.75) is 19.9 Å². The number of methoxy groups -OCH3 is 1. The molecule has 1 aliphatic rings. The highest BCUT2D eigenvalue weighted by Crippen LogP contribution is 2.40. The van der Waals surface area contributed by atoms with E-state index < -0.39 is 6.04 Å². The van der Waals surface area contributed by atoms with Crippen LogP contribution in [0.25, 0.3) is 16.8 Å². The largest absolute Gasteiger partial charge is 0.508 e. The normalized spacial score (nSPS) is 15.9. The molecule has 0 bridgehead atoms. The third-order valence-electron chi connectivity index (χ3n) is 6.02. The van der Waals surface area contributed by atoms with Gasteiger partial charge in [0.2, 0.25) is 0 Å². The number of carbonyl (C=O) groups excluding carboxylic acids is 1. The standard InChI is InChI=1S/C27H22N2O4S/c1-15-23(16(2)30)25(24-20-7-5-4-6-18(20)10-13-21(24)33-3)29-26(32)22(34-27(29)28-15)14-17-8-11-19(31)12-9-17/h4-14,25,31H,1-3H3/b22-14+/t25-/m1/s1. The van der Waals surface area contributed by atoms with E-state index in [9.17, 15) is 14.7 Å². The first kappa shape index (κ1) is 21.9. The summed E-state index contributed by atoms with van der Waals surface area (Å²) in [5.41, 5.74) is 2.37. The lowest BCUT2D eigenvalue weighted by atomic mass is 9.89. The predicted octanol–water partition coefficient (Wildman–Crippen LogP) is 3.69. The lowest BCUT2D eigenvalue weighted by Crippen LogP contribution is -2.39. The summed E-state index contributed by atoms with van der Waals surface area (Å²) in [7, 11) is 1.59. The van der Waals surface area contributed by atoms with Gasteiger partial charge in [0.1, 0.15) is 11.5 Å². The van der Waals surface area contributed by atoms with Crippen LogP contribution in [-0.4, -0.2) is 22.6 Å². The van der Waals surface area contributed by atoms with Gasteiger partial charge in [-0.3, -0.25) is 14.2 Å². The average Bonchev–Trinajstić information content (AvgIpc) is 3.13. The van der Waals surface area contributed by atoms with Crippen LogP contribution in [0.1, 0.15) is 31.0 Å². The molecular weight excluding hydrogens is 448 g/mol. The molecule has 0 spiro atoms. The number of fused-ring (bicyclic) bond motifs is 2. The van der Waals surface area contributed by atoms with Crippen LogP contribution in [0.5, 0.6) is 11.5 Å². The van der Waals surface area contributed by atoms with E-state index in [1.54, 1.807) is 48.9 Å². The number of benzene rings is 3. The Morgan fingerprint density at radius 2 is 1.85 bits per heavy atom. The number of hydrogen-bond acceptors (Lipinski definition) is 6. The maximum Gasteiger partial charge on any atom is 0.271 e. The molecule has 0 saturated carbocycles. The summed E-state index contributed by atoms with van der Waals surface area (Å²) >= 11 is 1.28. The van der Waals surface area contributed by atoms with E-state index in [0.29, 0.717) is 26.4 Å². The zero-order chi connectivity index (χ0) is 24.0. The number of aromatic hydroxyl groups is 1. The highest BCUT2D eigenvalue weighted by Gasteiger charge is 2.33. The van der Waals surface area contributed by atoms with Crippen LogP contribution in [0, 0.1) is 0 Å². The Morgan fingerprint density at radius 3 is 2.56 bits per heavy atom. The van der Waals surface area contributed by atoms with E-state index in [1.165, 1.54) is 18.3 Å². The van der Waals surface area contributed by atoms with Gasteiger partial charge in [0.15, 0.2) is 10.6 Å². The summed E-state index contributed by atoms with van der Waals surface area (Å²) in [5, 5.41) is 11.5. The van der Waals surface area contributed by atoms with Gasteiger partial charge in [-0.15, -0.1) is 0 Å². The molecule has 1 atom stereocenters. The van der Waals surface area contributed by atoms with Crippen molar-refractivity contribution in [3.05, 3.63) is 103 Å². The predicted molar refractivity (Wildman–Crippen MR) is 133 cm³/mol. The van der Waals surface area contributed by atoms with Gasteiger partial charge in [-0.2, -0.15) is 0 Å². The third-order valence-corrected chi connectivity index (χ3v) is 7.00. The molecular formula is C27H22N2O4S. The summed E-state index contributed by atoms with van der Waals surface area (Å²) in [6.45, 7) is 3.31. The fraction of sp³-hybridized carbons (Fsp3) is 0.148. The molecule has 5 rings (SSSR count). The van der Waals surface area contributed by atoms with Crippen molar-refractivity contribution in [1.82, 2.24) is 4.57 Å². The average molecular weight is 471 g/mol. The van der Waals surface area contributed by atoms with Crippen molar-refractivity contribution in [3.8, 4) is 11.5 Å². The number of aromatic nitrogens is 1. The Bertz CT molecular complexity index is 1660. The highest BCUT2D eigenvalue weighted by molar-refractivity contribution is 7.07. The van der Waals surface area contributed by atoms with E-state index in [1.807, 2.05) is 36.4 Å². The number of nitrogens with zero attached hydrogens (tertiary/aromatic N) is 2. The number of ketones is 1. The molecule has 1 aliphatic heterocycles. The van der Waals surface area contributed by atoms with Crippen LogP contribution < -0.4 is 19.6 Å². The SMILES string of the molecule is COc1ccc2ccccc2c1[C@H]1C(C(C)=O)=C(C)N=c2s/c(=C/c3ccc(O)cc3)c(=O)n21.